The molecular formula is C24H24FN5. The Balaban J connectivity index is 1.46. The molecule has 0 N–H and O–H groups in total. The van der Waals surface area contributed by atoms with Gasteiger partial charge in [0.05, 0.1) is 6.20 Å². The Morgan fingerprint density at radius 2 is 1.47 bits per heavy atom. The number of benzene rings is 2. The summed E-state index contributed by atoms with van der Waals surface area (Å²) in [5, 5.41) is 4.52. The van der Waals surface area contributed by atoms with Crippen LogP contribution >= 0.6 is 0 Å². The predicted molar refractivity (Wildman–Crippen MR) is 118 cm³/mol. The fourth-order valence-corrected chi connectivity index (χ4v) is 4.03. The lowest BCUT2D eigenvalue weighted by atomic mass is 10.1. The maximum Gasteiger partial charge on any atom is 0.163 e. The van der Waals surface area contributed by atoms with Crippen LogP contribution in [0.4, 0.5) is 10.1 Å². The summed E-state index contributed by atoms with van der Waals surface area (Å²) < 4.78 is 15.1. The smallest absolute Gasteiger partial charge is 0.163 e. The summed E-state index contributed by atoms with van der Waals surface area (Å²) in [5.74, 6) is -0.244. The average molecular weight is 401 g/mol. The maximum absolute atomic E-state index is 13.3. The number of halogens is 1. The highest BCUT2D eigenvalue weighted by Gasteiger charge is 2.16. The van der Waals surface area contributed by atoms with E-state index in [4.69, 9.17) is 4.98 Å². The van der Waals surface area contributed by atoms with Crippen LogP contribution in [0.25, 0.3) is 27.9 Å². The molecule has 0 amide bonds. The second kappa shape index (κ2) is 7.54. The van der Waals surface area contributed by atoms with E-state index in [1.54, 1.807) is 16.6 Å². The third kappa shape index (κ3) is 3.44. The van der Waals surface area contributed by atoms with Gasteiger partial charge in [-0.25, -0.2) is 13.9 Å². The zero-order valence-corrected chi connectivity index (χ0v) is 17.2. The quantitative estimate of drug-likeness (QED) is 0.514. The van der Waals surface area contributed by atoms with Crippen LogP contribution in [0, 0.1) is 12.7 Å². The molecule has 1 aliphatic rings. The molecule has 152 valence electrons. The van der Waals surface area contributed by atoms with Crippen molar-refractivity contribution in [1.82, 2.24) is 19.5 Å². The van der Waals surface area contributed by atoms with Gasteiger partial charge in [0.2, 0.25) is 0 Å². The van der Waals surface area contributed by atoms with Gasteiger partial charge in [0.15, 0.2) is 5.65 Å². The van der Waals surface area contributed by atoms with Crippen molar-refractivity contribution in [3.05, 3.63) is 72.4 Å². The van der Waals surface area contributed by atoms with E-state index in [1.165, 1.54) is 17.8 Å². The van der Waals surface area contributed by atoms with Crippen LogP contribution in [0.3, 0.4) is 0 Å². The number of hydrogen-bond donors (Lipinski definition) is 0. The van der Waals surface area contributed by atoms with Gasteiger partial charge < -0.3 is 9.80 Å². The van der Waals surface area contributed by atoms with E-state index < -0.39 is 0 Å². The number of likely N-dealkylation sites (N-methyl/N-ethyl adjacent to an activating group) is 1. The van der Waals surface area contributed by atoms with Crippen LogP contribution in [0.2, 0.25) is 0 Å². The molecule has 0 unspecified atom stereocenters. The molecule has 30 heavy (non-hydrogen) atoms. The van der Waals surface area contributed by atoms with E-state index in [9.17, 15) is 4.39 Å². The highest BCUT2D eigenvalue weighted by Crippen LogP contribution is 2.29. The number of anilines is 1. The molecule has 2 aromatic heterocycles. The number of aromatic nitrogens is 3. The highest BCUT2D eigenvalue weighted by atomic mass is 19.1. The van der Waals surface area contributed by atoms with Crippen LogP contribution in [0.15, 0.2) is 60.9 Å². The van der Waals surface area contributed by atoms with Gasteiger partial charge in [-0.2, -0.15) is 5.10 Å². The highest BCUT2D eigenvalue weighted by molar-refractivity contribution is 5.79. The average Bonchev–Trinajstić information content (AvgIpc) is 3.17. The van der Waals surface area contributed by atoms with Crippen LogP contribution in [-0.4, -0.2) is 52.7 Å². The predicted octanol–water partition coefficient (Wildman–Crippen LogP) is 4.26. The summed E-state index contributed by atoms with van der Waals surface area (Å²) in [7, 11) is 2.17. The van der Waals surface area contributed by atoms with Crippen LogP contribution in [0.1, 0.15) is 5.69 Å². The van der Waals surface area contributed by atoms with Crippen LogP contribution in [0.5, 0.6) is 0 Å². The second-order valence-electron chi connectivity index (χ2n) is 7.91. The van der Waals surface area contributed by atoms with E-state index in [-0.39, 0.29) is 5.82 Å². The largest absolute Gasteiger partial charge is 0.369 e. The van der Waals surface area contributed by atoms with Gasteiger partial charge >= 0.3 is 0 Å². The van der Waals surface area contributed by atoms with E-state index in [1.807, 2.05) is 19.3 Å². The third-order valence-electron chi connectivity index (χ3n) is 5.89. The van der Waals surface area contributed by atoms with Crippen molar-refractivity contribution in [1.29, 1.82) is 0 Å². The van der Waals surface area contributed by atoms with E-state index in [0.717, 1.165) is 59.8 Å². The van der Waals surface area contributed by atoms with Gasteiger partial charge in [-0.05, 0) is 49.4 Å². The van der Waals surface area contributed by atoms with Gasteiger partial charge in [0.25, 0.3) is 0 Å². The SMILES string of the molecule is Cc1nc2c(-c3ccc(N4CCN(C)CC4)cc3)cnn2cc1-c1ccc(F)cc1. The first-order valence-electron chi connectivity index (χ1n) is 10.2. The molecule has 0 aliphatic carbocycles. The summed E-state index contributed by atoms with van der Waals surface area (Å²) in [6.45, 7) is 6.27. The van der Waals surface area contributed by atoms with Gasteiger partial charge in [-0.15, -0.1) is 0 Å². The summed E-state index contributed by atoms with van der Waals surface area (Å²) in [6, 6.07) is 15.1. The molecule has 2 aromatic carbocycles. The molecule has 1 aliphatic heterocycles. The summed E-state index contributed by atoms with van der Waals surface area (Å²) >= 11 is 0. The van der Waals surface area contributed by atoms with Crippen LogP contribution < -0.4 is 4.90 Å². The minimum atomic E-state index is -0.244. The van der Waals surface area contributed by atoms with Crippen molar-refractivity contribution < 1.29 is 4.39 Å². The Morgan fingerprint density at radius 1 is 0.833 bits per heavy atom. The number of fused-ring (bicyclic) bond motifs is 1. The molecule has 1 saturated heterocycles. The molecule has 0 saturated carbocycles. The van der Waals surface area contributed by atoms with Gasteiger partial charge in [-0.1, -0.05) is 24.3 Å². The minimum Gasteiger partial charge on any atom is -0.369 e. The molecule has 1 fully saturated rings. The lowest BCUT2D eigenvalue weighted by Crippen LogP contribution is -2.44. The van der Waals surface area contributed by atoms with Crippen LogP contribution in [-0.2, 0) is 0 Å². The topological polar surface area (TPSA) is 36.7 Å². The van der Waals surface area contributed by atoms with Gasteiger partial charge in [0.1, 0.15) is 5.82 Å². The first-order valence-corrected chi connectivity index (χ1v) is 10.2. The molecule has 5 nitrogen and oxygen atoms in total. The molecule has 5 rings (SSSR count). The first-order chi connectivity index (χ1) is 14.6. The number of nitrogens with zero attached hydrogens (tertiary/aromatic N) is 5. The Kier molecular flexibility index (Phi) is 4.71. The second-order valence-corrected chi connectivity index (χ2v) is 7.91. The molecule has 0 bridgehead atoms. The molecule has 3 heterocycles. The number of aryl methyl sites for hydroxylation is 1. The zero-order chi connectivity index (χ0) is 20.7. The van der Waals surface area contributed by atoms with Crippen molar-refractivity contribution in [2.45, 2.75) is 6.92 Å². The summed E-state index contributed by atoms with van der Waals surface area (Å²) in [4.78, 5) is 9.61. The van der Waals surface area contributed by atoms with Crippen molar-refractivity contribution in [3.8, 4) is 22.3 Å². The Bertz CT molecular complexity index is 1170. The lowest BCUT2D eigenvalue weighted by molar-refractivity contribution is 0.313. The first kappa shape index (κ1) is 18.8. The maximum atomic E-state index is 13.3. The fourth-order valence-electron chi connectivity index (χ4n) is 4.03. The lowest BCUT2D eigenvalue weighted by Gasteiger charge is -2.34. The molecule has 0 spiro atoms. The van der Waals surface area contributed by atoms with Crippen molar-refractivity contribution >= 4 is 11.3 Å². The van der Waals surface area contributed by atoms with Crippen molar-refractivity contribution in [3.63, 3.8) is 0 Å². The monoisotopic (exact) mass is 401 g/mol. The standard InChI is InChI=1S/C24H24FN5/c1-17-23(19-3-7-20(25)8-4-19)16-30-24(27-17)22(15-26-30)18-5-9-21(10-6-18)29-13-11-28(2)12-14-29/h3-10,15-16H,11-14H2,1-2H3. The van der Waals surface area contributed by atoms with E-state index in [0.29, 0.717) is 0 Å². The molecule has 4 aromatic rings. The number of hydrogen-bond acceptors (Lipinski definition) is 4. The molecule has 6 heteroatoms. The van der Waals surface area contributed by atoms with Crippen molar-refractivity contribution in [2.24, 2.45) is 0 Å². The Labute approximate surface area is 175 Å². The molecular weight excluding hydrogens is 377 g/mol. The fraction of sp³-hybridized carbons (Fsp3) is 0.250. The molecule has 0 atom stereocenters. The van der Waals surface area contributed by atoms with E-state index >= 15 is 0 Å². The normalized spacial score (nSPS) is 15.1. The summed E-state index contributed by atoms with van der Waals surface area (Å²) in [5.41, 5.74) is 6.96. The zero-order valence-electron chi connectivity index (χ0n) is 17.2. The third-order valence-corrected chi connectivity index (χ3v) is 5.89. The number of rotatable bonds is 3. The Hall–Kier alpha value is -3.25. The van der Waals surface area contributed by atoms with E-state index in [2.05, 4.69) is 46.2 Å². The van der Waals surface area contributed by atoms with Gasteiger partial charge in [-0.3, -0.25) is 0 Å². The Morgan fingerprint density at radius 3 is 2.17 bits per heavy atom. The minimum absolute atomic E-state index is 0.244. The molecule has 0 radical (unpaired) electrons. The van der Waals surface area contributed by atoms with Crippen molar-refractivity contribution in [2.75, 3.05) is 38.1 Å². The number of piperazine rings is 1. The van der Waals surface area contributed by atoms with Gasteiger partial charge in [0, 0.05) is 54.9 Å². The summed E-state index contributed by atoms with van der Waals surface area (Å²) in [6.07, 6.45) is 3.83.